The van der Waals surface area contributed by atoms with Gasteiger partial charge in [0.2, 0.25) is 5.91 Å². The molecule has 0 spiro atoms. The van der Waals surface area contributed by atoms with E-state index in [9.17, 15) is 4.79 Å². The summed E-state index contributed by atoms with van der Waals surface area (Å²) in [6.45, 7) is 3.75. The van der Waals surface area contributed by atoms with E-state index in [4.69, 9.17) is 4.74 Å². The van der Waals surface area contributed by atoms with Gasteiger partial charge in [0.05, 0.1) is 12.0 Å². The van der Waals surface area contributed by atoms with Crippen molar-refractivity contribution in [1.29, 1.82) is 0 Å². The fourth-order valence-corrected chi connectivity index (χ4v) is 2.57. The van der Waals surface area contributed by atoms with Crippen LogP contribution in [0.1, 0.15) is 38.2 Å². The SMILES string of the molecule is CCNCc1ccccc1NC(=O)CC1(OC)CCC1. The highest BCUT2D eigenvalue weighted by molar-refractivity contribution is 5.92. The third-order valence-electron chi connectivity index (χ3n) is 4.04. The lowest BCUT2D eigenvalue weighted by atomic mass is 9.77. The van der Waals surface area contributed by atoms with E-state index in [-0.39, 0.29) is 11.5 Å². The van der Waals surface area contributed by atoms with Crippen LogP contribution in [0, 0.1) is 0 Å². The number of carbonyl (C=O) groups excluding carboxylic acids is 1. The number of carbonyl (C=O) groups is 1. The summed E-state index contributed by atoms with van der Waals surface area (Å²) in [5.74, 6) is 0.0375. The van der Waals surface area contributed by atoms with Gasteiger partial charge in [-0.05, 0) is 37.4 Å². The zero-order valence-electron chi connectivity index (χ0n) is 12.4. The highest BCUT2D eigenvalue weighted by atomic mass is 16.5. The van der Waals surface area contributed by atoms with Gasteiger partial charge in [0, 0.05) is 19.3 Å². The second kappa shape index (κ2) is 6.86. The first-order valence-electron chi connectivity index (χ1n) is 7.33. The van der Waals surface area contributed by atoms with E-state index in [0.29, 0.717) is 6.42 Å². The highest BCUT2D eigenvalue weighted by Gasteiger charge is 2.39. The van der Waals surface area contributed by atoms with Crippen LogP contribution in [0.2, 0.25) is 0 Å². The van der Waals surface area contributed by atoms with Gasteiger partial charge in [-0.25, -0.2) is 0 Å². The summed E-state index contributed by atoms with van der Waals surface area (Å²) in [6.07, 6.45) is 3.56. The zero-order valence-corrected chi connectivity index (χ0v) is 12.4. The first-order valence-corrected chi connectivity index (χ1v) is 7.33. The minimum atomic E-state index is -0.222. The first kappa shape index (κ1) is 15.0. The number of anilines is 1. The lowest BCUT2D eigenvalue weighted by molar-refractivity contribution is -0.129. The molecular weight excluding hydrogens is 252 g/mol. The van der Waals surface area contributed by atoms with Crippen molar-refractivity contribution < 1.29 is 9.53 Å². The number of ether oxygens (including phenoxy) is 1. The smallest absolute Gasteiger partial charge is 0.227 e. The Balaban J connectivity index is 1.96. The van der Waals surface area contributed by atoms with Crippen LogP contribution in [-0.4, -0.2) is 25.2 Å². The Morgan fingerprint density at radius 1 is 1.35 bits per heavy atom. The molecule has 0 saturated heterocycles. The molecule has 1 aliphatic carbocycles. The molecule has 4 heteroatoms. The van der Waals surface area contributed by atoms with Gasteiger partial charge in [-0.15, -0.1) is 0 Å². The number of nitrogens with one attached hydrogen (secondary N) is 2. The van der Waals surface area contributed by atoms with Gasteiger partial charge in [-0.1, -0.05) is 25.1 Å². The molecule has 20 heavy (non-hydrogen) atoms. The van der Waals surface area contributed by atoms with Gasteiger partial charge in [0.15, 0.2) is 0 Å². The van der Waals surface area contributed by atoms with E-state index in [1.807, 2.05) is 24.3 Å². The van der Waals surface area contributed by atoms with Crippen molar-refractivity contribution in [1.82, 2.24) is 5.32 Å². The van der Waals surface area contributed by atoms with E-state index >= 15 is 0 Å². The summed E-state index contributed by atoms with van der Waals surface area (Å²) in [7, 11) is 1.70. The quantitative estimate of drug-likeness (QED) is 0.805. The van der Waals surface area contributed by atoms with Gasteiger partial charge < -0.3 is 15.4 Å². The van der Waals surface area contributed by atoms with Gasteiger partial charge in [-0.2, -0.15) is 0 Å². The van der Waals surface area contributed by atoms with Crippen molar-refractivity contribution >= 4 is 11.6 Å². The second-order valence-corrected chi connectivity index (χ2v) is 5.40. The number of hydrogen-bond acceptors (Lipinski definition) is 3. The van der Waals surface area contributed by atoms with Crippen molar-refractivity contribution in [2.45, 2.75) is 44.8 Å². The highest BCUT2D eigenvalue weighted by Crippen LogP contribution is 2.38. The number of rotatable bonds is 7. The lowest BCUT2D eigenvalue weighted by Crippen LogP contribution is -2.42. The number of para-hydroxylation sites is 1. The van der Waals surface area contributed by atoms with Crippen molar-refractivity contribution in [2.24, 2.45) is 0 Å². The van der Waals surface area contributed by atoms with E-state index in [2.05, 4.69) is 17.6 Å². The fraction of sp³-hybridized carbons (Fsp3) is 0.562. The maximum absolute atomic E-state index is 12.2. The molecule has 0 unspecified atom stereocenters. The van der Waals surface area contributed by atoms with E-state index in [1.165, 1.54) is 0 Å². The Kier molecular flexibility index (Phi) is 5.15. The molecule has 4 nitrogen and oxygen atoms in total. The summed E-state index contributed by atoms with van der Waals surface area (Å²) in [5, 5.41) is 6.30. The largest absolute Gasteiger partial charge is 0.378 e. The molecule has 1 aromatic rings. The third-order valence-corrected chi connectivity index (χ3v) is 4.04. The first-order chi connectivity index (χ1) is 9.69. The Morgan fingerprint density at radius 3 is 2.70 bits per heavy atom. The van der Waals surface area contributed by atoms with Crippen LogP contribution < -0.4 is 10.6 Å². The molecule has 1 fully saturated rings. The molecule has 0 heterocycles. The van der Waals surface area contributed by atoms with Crippen LogP contribution in [0.15, 0.2) is 24.3 Å². The molecule has 0 aromatic heterocycles. The van der Waals surface area contributed by atoms with Crippen LogP contribution in [-0.2, 0) is 16.1 Å². The van der Waals surface area contributed by atoms with Crippen molar-refractivity contribution in [2.75, 3.05) is 19.0 Å². The van der Waals surface area contributed by atoms with Crippen molar-refractivity contribution in [3.63, 3.8) is 0 Å². The van der Waals surface area contributed by atoms with E-state index in [0.717, 1.165) is 43.6 Å². The second-order valence-electron chi connectivity index (χ2n) is 5.40. The average molecular weight is 276 g/mol. The molecule has 1 aromatic carbocycles. The molecule has 0 aliphatic heterocycles. The van der Waals surface area contributed by atoms with Crippen LogP contribution in [0.3, 0.4) is 0 Å². The molecule has 0 atom stereocenters. The van der Waals surface area contributed by atoms with Crippen LogP contribution in [0.5, 0.6) is 0 Å². The van der Waals surface area contributed by atoms with Crippen LogP contribution >= 0.6 is 0 Å². The summed E-state index contributed by atoms with van der Waals surface area (Å²) in [6, 6.07) is 7.92. The number of amides is 1. The molecule has 1 amide bonds. The molecule has 110 valence electrons. The summed E-state index contributed by atoms with van der Waals surface area (Å²) < 4.78 is 5.50. The predicted molar refractivity (Wildman–Crippen MR) is 80.7 cm³/mol. The fourth-order valence-electron chi connectivity index (χ4n) is 2.57. The van der Waals surface area contributed by atoms with E-state index in [1.54, 1.807) is 7.11 Å². The normalized spacial score (nSPS) is 16.5. The van der Waals surface area contributed by atoms with E-state index < -0.39 is 0 Å². The average Bonchev–Trinajstić information content (AvgIpc) is 2.42. The molecule has 1 saturated carbocycles. The third kappa shape index (κ3) is 3.58. The monoisotopic (exact) mass is 276 g/mol. The standard InChI is InChI=1S/C16H24N2O2/c1-3-17-12-13-7-4-5-8-14(13)18-15(19)11-16(20-2)9-6-10-16/h4-5,7-8,17H,3,6,9-12H2,1-2H3,(H,18,19). The van der Waals surface area contributed by atoms with Crippen LogP contribution in [0.4, 0.5) is 5.69 Å². The molecule has 0 radical (unpaired) electrons. The number of benzene rings is 1. The van der Waals surface area contributed by atoms with Crippen LogP contribution in [0.25, 0.3) is 0 Å². The molecular formula is C16H24N2O2. The van der Waals surface area contributed by atoms with Crippen molar-refractivity contribution in [3.05, 3.63) is 29.8 Å². The minimum absolute atomic E-state index is 0.0375. The number of methoxy groups -OCH3 is 1. The maximum Gasteiger partial charge on any atom is 0.227 e. The van der Waals surface area contributed by atoms with Gasteiger partial charge in [0.25, 0.3) is 0 Å². The molecule has 0 bridgehead atoms. The predicted octanol–water partition coefficient (Wildman–Crippen LogP) is 2.69. The van der Waals surface area contributed by atoms with Gasteiger partial charge >= 0.3 is 0 Å². The van der Waals surface area contributed by atoms with Crippen molar-refractivity contribution in [3.8, 4) is 0 Å². The molecule has 1 aliphatic rings. The number of hydrogen-bond donors (Lipinski definition) is 2. The molecule has 2 N–H and O–H groups in total. The summed E-state index contributed by atoms with van der Waals surface area (Å²) in [5.41, 5.74) is 1.78. The molecule has 2 rings (SSSR count). The Morgan fingerprint density at radius 2 is 2.10 bits per heavy atom. The summed E-state index contributed by atoms with van der Waals surface area (Å²) >= 11 is 0. The maximum atomic E-state index is 12.2. The van der Waals surface area contributed by atoms with Gasteiger partial charge in [0.1, 0.15) is 0 Å². The Hall–Kier alpha value is -1.39. The zero-order chi connectivity index (χ0) is 14.4. The summed E-state index contributed by atoms with van der Waals surface area (Å²) in [4.78, 5) is 12.2. The Bertz CT molecular complexity index is 450. The Labute approximate surface area is 120 Å². The van der Waals surface area contributed by atoms with Gasteiger partial charge in [-0.3, -0.25) is 4.79 Å². The minimum Gasteiger partial charge on any atom is -0.378 e. The lowest BCUT2D eigenvalue weighted by Gasteiger charge is -2.39. The topological polar surface area (TPSA) is 50.4 Å².